The molecule has 2 aromatic heterocycles. The summed E-state index contributed by atoms with van der Waals surface area (Å²) in [6, 6.07) is 11.7. The van der Waals surface area contributed by atoms with Crippen LogP contribution in [0.25, 0.3) is 10.9 Å². The quantitative estimate of drug-likeness (QED) is 0.382. The van der Waals surface area contributed by atoms with E-state index in [0.29, 0.717) is 47.0 Å². The number of nitrogens with one attached hydrogen (secondary N) is 1. The molecular formula is C23H30N4O3S. The minimum Gasteiger partial charge on any atom is -0.467 e. The van der Waals surface area contributed by atoms with E-state index in [1.165, 1.54) is 11.8 Å². The van der Waals surface area contributed by atoms with Gasteiger partial charge in [0.2, 0.25) is 5.91 Å². The predicted molar refractivity (Wildman–Crippen MR) is 124 cm³/mol. The van der Waals surface area contributed by atoms with Crippen molar-refractivity contribution in [2.75, 3.05) is 12.3 Å². The molecule has 1 aromatic carbocycles. The van der Waals surface area contributed by atoms with Gasteiger partial charge in [0.25, 0.3) is 5.56 Å². The monoisotopic (exact) mass is 442 g/mol. The van der Waals surface area contributed by atoms with Crippen LogP contribution in [0.15, 0.2) is 57.0 Å². The molecule has 3 rings (SSSR count). The Balaban J connectivity index is 1.78. The Labute approximate surface area is 186 Å². The molecule has 0 atom stereocenters. The van der Waals surface area contributed by atoms with Crippen LogP contribution >= 0.6 is 11.8 Å². The molecule has 0 saturated heterocycles. The van der Waals surface area contributed by atoms with Gasteiger partial charge in [-0.15, -0.1) is 0 Å². The third kappa shape index (κ3) is 5.98. The van der Waals surface area contributed by atoms with Crippen LogP contribution < -0.4 is 10.9 Å². The molecule has 3 aromatic rings. The van der Waals surface area contributed by atoms with Crippen LogP contribution in [-0.4, -0.2) is 44.7 Å². The summed E-state index contributed by atoms with van der Waals surface area (Å²) in [4.78, 5) is 32.6. The molecule has 166 valence electrons. The molecule has 1 N–H and O–H groups in total. The van der Waals surface area contributed by atoms with Crippen molar-refractivity contribution in [3.63, 3.8) is 0 Å². The highest BCUT2D eigenvalue weighted by molar-refractivity contribution is 7.99. The average Bonchev–Trinajstić information content (AvgIpc) is 3.25. The zero-order valence-corrected chi connectivity index (χ0v) is 19.3. The number of aromatic nitrogens is 2. The molecule has 0 saturated carbocycles. The summed E-state index contributed by atoms with van der Waals surface area (Å²) in [6.45, 7) is 10.2. The van der Waals surface area contributed by atoms with Gasteiger partial charge in [0.05, 0.1) is 29.5 Å². The lowest BCUT2D eigenvalue weighted by Gasteiger charge is -2.30. The van der Waals surface area contributed by atoms with E-state index >= 15 is 0 Å². The highest BCUT2D eigenvalue weighted by Gasteiger charge is 2.17. The van der Waals surface area contributed by atoms with Crippen LogP contribution in [-0.2, 0) is 17.9 Å². The molecule has 0 aliphatic rings. The number of benzene rings is 1. The van der Waals surface area contributed by atoms with Gasteiger partial charge in [0.15, 0.2) is 5.16 Å². The zero-order valence-electron chi connectivity index (χ0n) is 18.5. The van der Waals surface area contributed by atoms with E-state index in [4.69, 9.17) is 9.40 Å². The van der Waals surface area contributed by atoms with E-state index < -0.39 is 0 Å². The molecule has 7 nitrogen and oxygen atoms in total. The number of hydrogen-bond donors (Lipinski definition) is 1. The lowest BCUT2D eigenvalue weighted by Crippen LogP contribution is -2.40. The number of fused-ring (bicyclic) bond motifs is 1. The number of amides is 1. The SMILES string of the molecule is CC(C)N(CCn1c(SCC(=O)NCc2ccco2)nc2ccccc2c1=O)C(C)C. The van der Waals surface area contributed by atoms with Gasteiger partial charge in [-0.1, -0.05) is 23.9 Å². The topological polar surface area (TPSA) is 80.4 Å². The molecule has 0 fully saturated rings. The lowest BCUT2D eigenvalue weighted by molar-refractivity contribution is -0.118. The maximum absolute atomic E-state index is 13.2. The first-order valence-electron chi connectivity index (χ1n) is 10.5. The molecule has 2 heterocycles. The Morgan fingerprint density at radius 1 is 1.16 bits per heavy atom. The van der Waals surface area contributed by atoms with Crippen molar-refractivity contribution in [2.24, 2.45) is 0 Å². The predicted octanol–water partition coefficient (Wildman–Crippen LogP) is 3.52. The molecule has 0 spiro atoms. The van der Waals surface area contributed by atoms with Crippen molar-refractivity contribution in [2.45, 2.75) is 58.0 Å². The van der Waals surface area contributed by atoms with Crippen molar-refractivity contribution in [1.29, 1.82) is 0 Å². The summed E-state index contributed by atoms with van der Waals surface area (Å²) >= 11 is 1.28. The smallest absolute Gasteiger partial charge is 0.262 e. The molecule has 0 radical (unpaired) electrons. The number of rotatable bonds is 10. The van der Waals surface area contributed by atoms with Crippen molar-refractivity contribution >= 4 is 28.6 Å². The van der Waals surface area contributed by atoms with Gasteiger partial charge in [-0.2, -0.15) is 0 Å². The van der Waals surface area contributed by atoms with E-state index in [2.05, 4.69) is 37.9 Å². The Morgan fingerprint density at radius 3 is 2.58 bits per heavy atom. The number of furan rings is 1. The van der Waals surface area contributed by atoms with Crippen LogP contribution in [0.4, 0.5) is 0 Å². The molecule has 0 unspecified atom stereocenters. The van der Waals surface area contributed by atoms with Gasteiger partial charge in [-0.25, -0.2) is 4.98 Å². The fourth-order valence-corrected chi connectivity index (χ4v) is 4.42. The first kappa shape index (κ1) is 23.1. The summed E-state index contributed by atoms with van der Waals surface area (Å²) in [7, 11) is 0. The lowest BCUT2D eigenvalue weighted by atomic mass is 10.2. The first-order valence-corrected chi connectivity index (χ1v) is 11.5. The summed E-state index contributed by atoms with van der Waals surface area (Å²) in [5, 5.41) is 3.98. The molecule has 1 amide bonds. The maximum atomic E-state index is 13.2. The maximum Gasteiger partial charge on any atom is 0.262 e. The molecule has 0 aliphatic heterocycles. The van der Waals surface area contributed by atoms with Crippen molar-refractivity contribution in [3.8, 4) is 0 Å². The zero-order chi connectivity index (χ0) is 22.4. The largest absolute Gasteiger partial charge is 0.467 e. The molecule has 31 heavy (non-hydrogen) atoms. The Morgan fingerprint density at radius 2 is 1.90 bits per heavy atom. The van der Waals surface area contributed by atoms with Gasteiger partial charge >= 0.3 is 0 Å². The van der Waals surface area contributed by atoms with Gasteiger partial charge in [-0.3, -0.25) is 19.1 Å². The number of nitrogens with zero attached hydrogens (tertiary/aromatic N) is 3. The molecular weight excluding hydrogens is 412 g/mol. The van der Waals surface area contributed by atoms with Gasteiger partial charge in [0, 0.05) is 25.2 Å². The second-order valence-electron chi connectivity index (χ2n) is 7.94. The van der Waals surface area contributed by atoms with Crippen LogP contribution in [0.2, 0.25) is 0 Å². The number of para-hydroxylation sites is 1. The van der Waals surface area contributed by atoms with Crippen LogP contribution in [0.1, 0.15) is 33.5 Å². The second kappa shape index (κ2) is 10.6. The van der Waals surface area contributed by atoms with Crippen molar-refractivity contribution in [1.82, 2.24) is 19.8 Å². The molecule has 0 bridgehead atoms. The van der Waals surface area contributed by atoms with Gasteiger partial charge in [-0.05, 0) is 52.0 Å². The minimum absolute atomic E-state index is 0.0726. The third-order valence-corrected chi connectivity index (χ3v) is 6.08. The first-order chi connectivity index (χ1) is 14.9. The van der Waals surface area contributed by atoms with Crippen LogP contribution in [0.3, 0.4) is 0 Å². The highest BCUT2D eigenvalue weighted by Crippen LogP contribution is 2.18. The summed E-state index contributed by atoms with van der Waals surface area (Å²) in [5.41, 5.74) is 0.573. The number of carbonyl (C=O) groups is 1. The van der Waals surface area contributed by atoms with Gasteiger partial charge in [0.1, 0.15) is 5.76 Å². The van der Waals surface area contributed by atoms with Crippen LogP contribution in [0.5, 0.6) is 0 Å². The minimum atomic E-state index is -0.138. The molecule has 0 aliphatic carbocycles. The van der Waals surface area contributed by atoms with E-state index in [1.54, 1.807) is 23.0 Å². The fraction of sp³-hybridized carbons (Fsp3) is 0.435. The summed E-state index contributed by atoms with van der Waals surface area (Å²) < 4.78 is 6.94. The Bertz CT molecular complexity index is 1050. The van der Waals surface area contributed by atoms with E-state index in [9.17, 15) is 9.59 Å². The number of hydrogen-bond acceptors (Lipinski definition) is 6. The average molecular weight is 443 g/mol. The van der Waals surface area contributed by atoms with E-state index in [-0.39, 0.29) is 17.2 Å². The Hall–Kier alpha value is -2.58. The summed E-state index contributed by atoms with van der Waals surface area (Å²) in [6.07, 6.45) is 1.57. The normalized spacial score (nSPS) is 11.7. The standard InChI is InChI=1S/C23H30N4O3S/c1-16(2)26(17(3)4)11-12-27-22(29)19-9-5-6-10-20(19)25-23(27)31-15-21(28)24-14-18-8-7-13-30-18/h5-10,13,16-17H,11-12,14-15H2,1-4H3,(H,24,28). The van der Waals surface area contributed by atoms with Crippen LogP contribution in [0, 0.1) is 0 Å². The second-order valence-corrected chi connectivity index (χ2v) is 8.88. The number of carbonyl (C=O) groups excluding carboxylic acids is 1. The fourth-order valence-electron chi connectivity index (χ4n) is 3.56. The van der Waals surface area contributed by atoms with Crippen molar-refractivity contribution in [3.05, 3.63) is 58.8 Å². The highest BCUT2D eigenvalue weighted by atomic mass is 32.2. The molecule has 8 heteroatoms. The third-order valence-electron chi connectivity index (χ3n) is 5.11. The summed E-state index contributed by atoms with van der Waals surface area (Å²) in [5.74, 6) is 0.728. The van der Waals surface area contributed by atoms with E-state index in [1.807, 2.05) is 24.3 Å². The van der Waals surface area contributed by atoms with E-state index in [0.717, 1.165) is 6.54 Å². The van der Waals surface area contributed by atoms with Crippen molar-refractivity contribution < 1.29 is 9.21 Å². The number of thioether (sulfide) groups is 1. The Kier molecular flexibility index (Phi) is 7.92. The van der Waals surface area contributed by atoms with Gasteiger partial charge < -0.3 is 9.73 Å².